The first-order valence-electron chi connectivity index (χ1n) is 6.24. The Morgan fingerprint density at radius 3 is 2.59 bits per heavy atom. The van der Waals surface area contributed by atoms with Crippen LogP contribution in [0.15, 0.2) is 24.3 Å². The standard InChI is InChI=1S/C14H23NO2/c1-4-17-14-8-6-5-7-13(14)11-15(9-10-16)12(2)3/h5-8,12,16H,4,9-11H2,1-3H3. The van der Waals surface area contributed by atoms with Gasteiger partial charge in [-0.2, -0.15) is 0 Å². The number of aliphatic hydroxyl groups excluding tert-OH is 1. The minimum Gasteiger partial charge on any atom is -0.494 e. The average Bonchev–Trinajstić information content (AvgIpc) is 2.31. The van der Waals surface area contributed by atoms with E-state index in [1.165, 1.54) is 5.56 Å². The number of benzene rings is 1. The molecule has 3 heteroatoms. The molecule has 0 aliphatic rings. The van der Waals surface area contributed by atoms with Crippen LogP contribution >= 0.6 is 0 Å². The van der Waals surface area contributed by atoms with Crippen LogP contribution in [0.5, 0.6) is 5.75 Å². The largest absolute Gasteiger partial charge is 0.494 e. The molecule has 0 unspecified atom stereocenters. The molecule has 0 radical (unpaired) electrons. The van der Waals surface area contributed by atoms with Crippen LogP contribution in [0.25, 0.3) is 0 Å². The predicted molar refractivity (Wildman–Crippen MR) is 70.2 cm³/mol. The van der Waals surface area contributed by atoms with Gasteiger partial charge in [0.25, 0.3) is 0 Å². The van der Waals surface area contributed by atoms with Gasteiger partial charge in [-0.3, -0.25) is 4.90 Å². The predicted octanol–water partition coefficient (Wildman–Crippen LogP) is 2.29. The molecule has 0 atom stereocenters. The first-order chi connectivity index (χ1) is 8.19. The van der Waals surface area contributed by atoms with E-state index in [9.17, 15) is 0 Å². The molecule has 0 saturated carbocycles. The summed E-state index contributed by atoms with van der Waals surface area (Å²) in [6, 6.07) is 8.50. The van der Waals surface area contributed by atoms with Crippen molar-refractivity contribution >= 4 is 0 Å². The lowest BCUT2D eigenvalue weighted by atomic mass is 10.1. The number of hydrogen-bond donors (Lipinski definition) is 1. The second kappa shape index (κ2) is 7.30. The average molecular weight is 237 g/mol. The highest BCUT2D eigenvalue weighted by molar-refractivity contribution is 5.33. The maximum Gasteiger partial charge on any atom is 0.123 e. The Bertz CT molecular complexity index is 326. The fourth-order valence-corrected chi connectivity index (χ4v) is 1.80. The molecular weight excluding hydrogens is 214 g/mol. The van der Waals surface area contributed by atoms with Crippen molar-refractivity contribution in [1.82, 2.24) is 4.90 Å². The van der Waals surface area contributed by atoms with Gasteiger partial charge in [0.1, 0.15) is 5.75 Å². The van der Waals surface area contributed by atoms with Crippen molar-refractivity contribution in [1.29, 1.82) is 0 Å². The van der Waals surface area contributed by atoms with Gasteiger partial charge in [0.05, 0.1) is 13.2 Å². The summed E-state index contributed by atoms with van der Waals surface area (Å²) in [6.07, 6.45) is 0. The van der Waals surface area contributed by atoms with Crippen LogP contribution in [-0.2, 0) is 6.54 Å². The van der Waals surface area contributed by atoms with Gasteiger partial charge in [-0.05, 0) is 26.8 Å². The zero-order valence-electron chi connectivity index (χ0n) is 11.0. The maximum absolute atomic E-state index is 9.06. The first kappa shape index (κ1) is 14.0. The van der Waals surface area contributed by atoms with Gasteiger partial charge in [-0.1, -0.05) is 18.2 Å². The van der Waals surface area contributed by atoms with Gasteiger partial charge in [-0.15, -0.1) is 0 Å². The summed E-state index contributed by atoms with van der Waals surface area (Å²) >= 11 is 0. The Morgan fingerprint density at radius 2 is 2.00 bits per heavy atom. The van der Waals surface area contributed by atoms with Crippen LogP contribution in [0.1, 0.15) is 26.3 Å². The monoisotopic (exact) mass is 237 g/mol. The molecular formula is C14H23NO2. The topological polar surface area (TPSA) is 32.7 Å². The van der Waals surface area contributed by atoms with E-state index in [0.717, 1.165) is 12.3 Å². The van der Waals surface area contributed by atoms with Gasteiger partial charge in [0, 0.05) is 24.7 Å². The molecule has 1 N–H and O–H groups in total. The Balaban J connectivity index is 2.77. The molecule has 0 spiro atoms. The second-order valence-electron chi connectivity index (χ2n) is 4.33. The fraction of sp³-hybridized carbons (Fsp3) is 0.571. The maximum atomic E-state index is 9.06. The molecule has 3 nitrogen and oxygen atoms in total. The number of para-hydroxylation sites is 1. The van der Waals surface area contributed by atoms with E-state index in [4.69, 9.17) is 9.84 Å². The highest BCUT2D eigenvalue weighted by Crippen LogP contribution is 2.20. The Labute approximate surface area is 104 Å². The Morgan fingerprint density at radius 1 is 1.29 bits per heavy atom. The van der Waals surface area contributed by atoms with Crippen molar-refractivity contribution in [3.05, 3.63) is 29.8 Å². The van der Waals surface area contributed by atoms with Crippen LogP contribution in [0.3, 0.4) is 0 Å². The Kier molecular flexibility index (Phi) is 6.01. The molecule has 0 saturated heterocycles. The van der Waals surface area contributed by atoms with Crippen LogP contribution in [0.2, 0.25) is 0 Å². The number of aliphatic hydroxyl groups is 1. The van der Waals surface area contributed by atoms with E-state index >= 15 is 0 Å². The molecule has 0 aliphatic carbocycles. The summed E-state index contributed by atoms with van der Waals surface area (Å²) in [5.41, 5.74) is 1.18. The Hall–Kier alpha value is -1.06. The van der Waals surface area contributed by atoms with Crippen molar-refractivity contribution < 1.29 is 9.84 Å². The SMILES string of the molecule is CCOc1ccccc1CN(CCO)C(C)C. The van der Waals surface area contributed by atoms with Crippen LogP contribution in [-0.4, -0.2) is 35.8 Å². The van der Waals surface area contributed by atoms with Gasteiger partial charge in [0.2, 0.25) is 0 Å². The molecule has 0 aromatic heterocycles. The molecule has 1 aromatic carbocycles. The molecule has 0 aliphatic heterocycles. The van der Waals surface area contributed by atoms with Crippen molar-refractivity contribution in [2.45, 2.75) is 33.4 Å². The van der Waals surface area contributed by atoms with Crippen LogP contribution < -0.4 is 4.74 Å². The van der Waals surface area contributed by atoms with Gasteiger partial charge in [-0.25, -0.2) is 0 Å². The van der Waals surface area contributed by atoms with E-state index in [1.807, 2.05) is 25.1 Å². The molecule has 96 valence electrons. The van der Waals surface area contributed by atoms with Crippen molar-refractivity contribution in [3.8, 4) is 5.75 Å². The minimum atomic E-state index is 0.189. The highest BCUT2D eigenvalue weighted by Gasteiger charge is 2.12. The van der Waals surface area contributed by atoms with Crippen molar-refractivity contribution in [3.63, 3.8) is 0 Å². The van der Waals surface area contributed by atoms with E-state index in [0.29, 0.717) is 19.2 Å². The van der Waals surface area contributed by atoms with Crippen molar-refractivity contribution in [2.24, 2.45) is 0 Å². The third-order valence-corrected chi connectivity index (χ3v) is 2.76. The molecule has 0 amide bonds. The molecule has 17 heavy (non-hydrogen) atoms. The van der Waals surface area contributed by atoms with Gasteiger partial charge >= 0.3 is 0 Å². The van der Waals surface area contributed by atoms with Crippen molar-refractivity contribution in [2.75, 3.05) is 19.8 Å². The lowest BCUT2D eigenvalue weighted by Crippen LogP contribution is -2.33. The highest BCUT2D eigenvalue weighted by atomic mass is 16.5. The number of ether oxygens (including phenoxy) is 1. The summed E-state index contributed by atoms with van der Waals surface area (Å²) in [5.74, 6) is 0.943. The fourth-order valence-electron chi connectivity index (χ4n) is 1.80. The van der Waals surface area contributed by atoms with Crippen LogP contribution in [0.4, 0.5) is 0 Å². The third-order valence-electron chi connectivity index (χ3n) is 2.76. The van der Waals surface area contributed by atoms with E-state index < -0.39 is 0 Å². The normalized spacial score (nSPS) is 11.2. The summed E-state index contributed by atoms with van der Waals surface area (Å²) in [5, 5.41) is 9.06. The van der Waals surface area contributed by atoms with Gasteiger partial charge < -0.3 is 9.84 Å². The summed E-state index contributed by atoms with van der Waals surface area (Å²) in [7, 11) is 0. The zero-order valence-corrected chi connectivity index (χ0v) is 11.0. The summed E-state index contributed by atoms with van der Waals surface area (Å²) in [6.45, 7) is 8.64. The summed E-state index contributed by atoms with van der Waals surface area (Å²) < 4.78 is 5.61. The molecule has 0 bridgehead atoms. The number of hydrogen-bond acceptors (Lipinski definition) is 3. The molecule has 0 fully saturated rings. The molecule has 1 rings (SSSR count). The third kappa shape index (κ3) is 4.36. The van der Waals surface area contributed by atoms with Gasteiger partial charge in [0.15, 0.2) is 0 Å². The molecule has 0 heterocycles. The summed E-state index contributed by atoms with van der Waals surface area (Å²) in [4.78, 5) is 2.23. The zero-order chi connectivity index (χ0) is 12.7. The second-order valence-corrected chi connectivity index (χ2v) is 4.33. The smallest absolute Gasteiger partial charge is 0.123 e. The van der Waals surface area contributed by atoms with E-state index in [2.05, 4.69) is 24.8 Å². The molecule has 1 aromatic rings. The van der Waals surface area contributed by atoms with E-state index in [-0.39, 0.29) is 6.61 Å². The number of nitrogens with zero attached hydrogens (tertiary/aromatic N) is 1. The van der Waals surface area contributed by atoms with Crippen LogP contribution in [0, 0.1) is 0 Å². The lowest BCUT2D eigenvalue weighted by molar-refractivity contribution is 0.157. The quantitative estimate of drug-likeness (QED) is 0.789. The lowest BCUT2D eigenvalue weighted by Gasteiger charge is -2.26. The minimum absolute atomic E-state index is 0.189. The van der Waals surface area contributed by atoms with E-state index in [1.54, 1.807) is 0 Å². The first-order valence-corrected chi connectivity index (χ1v) is 6.24. The number of rotatable bonds is 7.